The summed E-state index contributed by atoms with van der Waals surface area (Å²) in [6.07, 6.45) is 4.25. The molecule has 2 aromatic rings. The minimum atomic E-state index is 0.116. The minimum Gasteiger partial charge on any atom is -0.311 e. The summed E-state index contributed by atoms with van der Waals surface area (Å²) < 4.78 is 1.80. The van der Waals surface area contributed by atoms with E-state index in [1.54, 1.807) is 17.1 Å². The van der Waals surface area contributed by atoms with Crippen LogP contribution in [-0.4, -0.2) is 21.8 Å². The quantitative estimate of drug-likeness (QED) is 0.902. The number of halogens is 1. The van der Waals surface area contributed by atoms with E-state index in [9.17, 15) is 0 Å². The number of likely N-dealkylation sites (N-methyl/N-ethyl adjacent to an activating group) is 1. The third kappa shape index (κ3) is 2.65. The molecule has 5 heteroatoms. The lowest BCUT2D eigenvalue weighted by Crippen LogP contribution is -2.22. The number of aryl methyl sites for hydroxylation is 1. The number of nitrogens with one attached hydrogen (secondary N) is 1. The third-order valence-electron chi connectivity index (χ3n) is 2.76. The van der Waals surface area contributed by atoms with Crippen LogP contribution < -0.4 is 5.32 Å². The fourth-order valence-electron chi connectivity index (χ4n) is 1.88. The Morgan fingerprint density at radius 3 is 2.82 bits per heavy atom. The molecule has 0 fully saturated rings. The Bertz CT molecular complexity index is 461. The monoisotopic (exact) mass is 250 g/mol. The summed E-state index contributed by atoms with van der Waals surface area (Å²) in [6, 6.07) is 6.02. The number of nitrogens with zero attached hydrogens (tertiary/aromatic N) is 3. The molecule has 1 unspecified atom stereocenters. The van der Waals surface area contributed by atoms with Crippen molar-refractivity contribution in [3.8, 4) is 0 Å². The molecule has 0 aliphatic heterocycles. The van der Waals surface area contributed by atoms with E-state index in [2.05, 4.69) is 15.4 Å². The van der Waals surface area contributed by atoms with E-state index < -0.39 is 0 Å². The molecule has 0 spiro atoms. The molecule has 0 saturated carbocycles. The van der Waals surface area contributed by atoms with Gasteiger partial charge in [0.1, 0.15) is 0 Å². The highest BCUT2D eigenvalue weighted by Gasteiger charge is 2.18. The summed E-state index contributed by atoms with van der Waals surface area (Å²) in [5.41, 5.74) is 2.02. The Labute approximate surface area is 106 Å². The first-order valence-electron chi connectivity index (χ1n) is 5.47. The largest absolute Gasteiger partial charge is 0.311 e. The third-order valence-corrected chi connectivity index (χ3v) is 3.05. The Balaban J connectivity index is 2.23. The van der Waals surface area contributed by atoms with E-state index in [0.717, 1.165) is 17.8 Å². The van der Waals surface area contributed by atoms with E-state index in [4.69, 9.17) is 11.6 Å². The van der Waals surface area contributed by atoms with Gasteiger partial charge < -0.3 is 5.32 Å². The lowest BCUT2D eigenvalue weighted by atomic mass is 10.1. The summed E-state index contributed by atoms with van der Waals surface area (Å²) in [7, 11) is 3.81. The smallest absolute Gasteiger partial charge is 0.0834 e. The van der Waals surface area contributed by atoms with Crippen molar-refractivity contribution in [3.63, 3.8) is 0 Å². The Morgan fingerprint density at radius 2 is 2.29 bits per heavy atom. The molecule has 0 aliphatic carbocycles. The second kappa shape index (κ2) is 5.29. The summed E-state index contributed by atoms with van der Waals surface area (Å²) in [6.45, 7) is 0. The molecule has 17 heavy (non-hydrogen) atoms. The molecule has 0 saturated heterocycles. The number of hydrogen-bond acceptors (Lipinski definition) is 3. The number of pyridine rings is 1. The molecule has 0 bridgehead atoms. The van der Waals surface area contributed by atoms with Crippen LogP contribution in [0.15, 0.2) is 30.6 Å². The first-order chi connectivity index (χ1) is 8.22. The Kier molecular flexibility index (Phi) is 3.76. The summed E-state index contributed by atoms with van der Waals surface area (Å²) in [5.74, 6) is 0. The van der Waals surface area contributed by atoms with Crippen LogP contribution in [0.25, 0.3) is 0 Å². The summed E-state index contributed by atoms with van der Waals surface area (Å²) >= 11 is 6.14. The fraction of sp³-hybridized carbons (Fsp3) is 0.333. The number of rotatable bonds is 4. The molecular formula is C12H15ClN4. The van der Waals surface area contributed by atoms with Crippen LogP contribution in [0.1, 0.15) is 17.4 Å². The first kappa shape index (κ1) is 12.1. The van der Waals surface area contributed by atoms with Crippen LogP contribution in [0.5, 0.6) is 0 Å². The molecule has 4 nitrogen and oxygen atoms in total. The van der Waals surface area contributed by atoms with Crippen LogP contribution >= 0.6 is 11.6 Å². The van der Waals surface area contributed by atoms with Gasteiger partial charge in [0.2, 0.25) is 0 Å². The van der Waals surface area contributed by atoms with Gasteiger partial charge in [-0.05, 0) is 19.2 Å². The molecule has 0 aliphatic rings. The van der Waals surface area contributed by atoms with Gasteiger partial charge in [-0.1, -0.05) is 17.7 Å². The van der Waals surface area contributed by atoms with Gasteiger partial charge in [0.15, 0.2) is 0 Å². The van der Waals surface area contributed by atoms with Gasteiger partial charge in [-0.15, -0.1) is 0 Å². The summed E-state index contributed by atoms with van der Waals surface area (Å²) in [4.78, 5) is 4.32. The van der Waals surface area contributed by atoms with Crippen LogP contribution in [-0.2, 0) is 13.5 Å². The van der Waals surface area contributed by atoms with Crippen LogP contribution in [0, 0.1) is 0 Å². The molecule has 2 heterocycles. The Morgan fingerprint density at radius 1 is 1.47 bits per heavy atom. The van der Waals surface area contributed by atoms with Crippen LogP contribution in [0.4, 0.5) is 0 Å². The second-order valence-corrected chi connectivity index (χ2v) is 4.28. The molecule has 1 N–H and O–H groups in total. The molecule has 90 valence electrons. The average Bonchev–Trinajstić information content (AvgIpc) is 2.68. The molecule has 2 rings (SSSR count). The van der Waals surface area contributed by atoms with Crippen LogP contribution in [0.3, 0.4) is 0 Å². The van der Waals surface area contributed by atoms with Crippen molar-refractivity contribution in [3.05, 3.63) is 47.0 Å². The van der Waals surface area contributed by atoms with E-state index in [0.29, 0.717) is 5.02 Å². The molecular weight excluding hydrogens is 236 g/mol. The van der Waals surface area contributed by atoms with Gasteiger partial charge >= 0.3 is 0 Å². The van der Waals surface area contributed by atoms with Gasteiger partial charge in [-0.3, -0.25) is 9.67 Å². The zero-order valence-electron chi connectivity index (χ0n) is 9.89. The van der Waals surface area contributed by atoms with Gasteiger partial charge in [0.05, 0.1) is 23.0 Å². The topological polar surface area (TPSA) is 42.7 Å². The normalized spacial score (nSPS) is 12.6. The molecule has 0 amide bonds. The maximum Gasteiger partial charge on any atom is 0.0834 e. The van der Waals surface area contributed by atoms with E-state index in [1.165, 1.54) is 0 Å². The van der Waals surface area contributed by atoms with Crippen molar-refractivity contribution in [2.75, 3.05) is 7.05 Å². The van der Waals surface area contributed by atoms with Crippen molar-refractivity contribution >= 4 is 11.6 Å². The molecule has 2 aromatic heterocycles. The van der Waals surface area contributed by atoms with Crippen molar-refractivity contribution in [2.24, 2.45) is 7.05 Å². The molecule has 1 atom stereocenters. The standard InChI is InChI=1S/C12H15ClN4/c1-14-11(7-9-5-3-4-6-15-9)12-10(13)8-16-17(12)2/h3-6,8,11,14H,7H2,1-2H3. The highest BCUT2D eigenvalue weighted by molar-refractivity contribution is 6.31. The van der Waals surface area contributed by atoms with Gasteiger partial charge in [0.25, 0.3) is 0 Å². The SMILES string of the molecule is CNC(Cc1ccccn1)c1c(Cl)cnn1C. The summed E-state index contributed by atoms with van der Waals surface area (Å²) in [5, 5.41) is 8.08. The molecule has 0 radical (unpaired) electrons. The first-order valence-corrected chi connectivity index (χ1v) is 5.84. The predicted octanol–water partition coefficient (Wildman–Crippen LogP) is 1.97. The van der Waals surface area contributed by atoms with Crippen molar-refractivity contribution < 1.29 is 0 Å². The number of aromatic nitrogens is 3. The zero-order chi connectivity index (χ0) is 12.3. The lowest BCUT2D eigenvalue weighted by molar-refractivity contribution is 0.532. The maximum absolute atomic E-state index is 6.14. The zero-order valence-corrected chi connectivity index (χ0v) is 10.6. The number of hydrogen-bond donors (Lipinski definition) is 1. The average molecular weight is 251 g/mol. The molecule has 0 aromatic carbocycles. The second-order valence-electron chi connectivity index (χ2n) is 3.87. The van der Waals surface area contributed by atoms with E-state index in [1.807, 2.05) is 32.3 Å². The van der Waals surface area contributed by atoms with Gasteiger partial charge in [-0.2, -0.15) is 5.10 Å². The van der Waals surface area contributed by atoms with Crippen molar-refractivity contribution in [2.45, 2.75) is 12.5 Å². The van der Waals surface area contributed by atoms with Crippen molar-refractivity contribution in [1.29, 1.82) is 0 Å². The maximum atomic E-state index is 6.14. The van der Waals surface area contributed by atoms with E-state index >= 15 is 0 Å². The highest BCUT2D eigenvalue weighted by atomic mass is 35.5. The minimum absolute atomic E-state index is 0.116. The van der Waals surface area contributed by atoms with Gasteiger partial charge in [-0.25, -0.2) is 0 Å². The van der Waals surface area contributed by atoms with E-state index in [-0.39, 0.29) is 6.04 Å². The lowest BCUT2D eigenvalue weighted by Gasteiger charge is -2.16. The Hall–Kier alpha value is -1.39. The highest BCUT2D eigenvalue weighted by Crippen LogP contribution is 2.24. The fourth-order valence-corrected chi connectivity index (χ4v) is 2.17. The van der Waals surface area contributed by atoms with Gasteiger partial charge in [0, 0.05) is 25.4 Å². The van der Waals surface area contributed by atoms with Crippen LogP contribution in [0.2, 0.25) is 5.02 Å². The predicted molar refractivity (Wildman–Crippen MR) is 68.0 cm³/mol. The van der Waals surface area contributed by atoms with Crippen molar-refractivity contribution in [1.82, 2.24) is 20.1 Å².